The van der Waals surface area contributed by atoms with Gasteiger partial charge in [0.05, 0.1) is 15.8 Å². The zero-order chi connectivity index (χ0) is 16.4. The van der Waals surface area contributed by atoms with Crippen LogP contribution in [-0.4, -0.2) is 32.9 Å². The molecule has 2 heterocycles. The number of rotatable bonds is 6. The molecular weight excluding hydrogens is 377 g/mol. The molecule has 23 heavy (non-hydrogen) atoms. The van der Waals surface area contributed by atoms with Gasteiger partial charge in [0.15, 0.2) is 10.2 Å². The number of amides is 1. The third-order valence-electron chi connectivity index (χ3n) is 3.10. The first kappa shape index (κ1) is 16.8. The lowest BCUT2D eigenvalue weighted by molar-refractivity contribution is -0.113. The summed E-state index contributed by atoms with van der Waals surface area (Å²) < 4.78 is 0.745. The summed E-state index contributed by atoms with van der Waals surface area (Å²) in [5, 5.41) is 15.7. The summed E-state index contributed by atoms with van der Waals surface area (Å²) in [6, 6.07) is 0.533. The second kappa shape index (κ2) is 7.21. The molecule has 1 aliphatic carbocycles. The molecule has 0 aromatic carbocycles. The molecule has 0 spiro atoms. The van der Waals surface area contributed by atoms with E-state index in [2.05, 4.69) is 25.8 Å². The van der Waals surface area contributed by atoms with E-state index in [1.807, 2.05) is 0 Å². The van der Waals surface area contributed by atoms with Crippen LogP contribution in [0.4, 0.5) is 10.9 Å². The fourth-order valence-corrected chi connectivity index (χ4v) is 3.69. The Kier molecular flexibility index (Phi) is 5.25. The molecule has 1 amide bonds. The summed E-state index contributed by atoms with van der Waals surface area (Å²) in [6.07, 6.45) is 3.82. The second-order valence-electron chi connectivity index (χ2n) is 5.02. The fraction of sp³-hybridized carbons (Fsp3) is 0.385. The summed E-state index contributed by atoms with van der Waals surface area (Å²) in [4.78, 5) is 16.0. The molecule has 0 aliphatic heterocycles. The molecule has 0 bridgehead atoms. The first-order valence-corrected chi connectivity index (χ1v) is 9.42. The first-order chi connectivity index (χ1) is 11.0. The van der Waals surface area contributed by atoms with Gasteiger partial charge in [0.2, 0.25) is 11.0 Å². The van der Waals surface area contributed by atoms with E-state index in [9.17, 15) is 4.79 Å². The van der Waals surface area contributed by atoms with Gasteiger partial charge in [-0.05, 0) is 25.3 Å². The Balaban J connectivity index is 1.53. The number of carbonyl (C=O) groups excluding carboxylic acids is 1. The van der Waals surface area contributed by atoms with Crippen LogP contribution < -0.4 is 10.6 Å². The van der Waals surface area contributed by atoms with E-state index in [0.717, 1.165) is 9.47 Å². The van der Waals surface area contributed by atoms with Crippen molar-refractivity contribution in [3.05, 3.63) is 21.8 Å². The molecule has 1 fully saturated rings. The van der Waals surface area contributed by atoms with Crippen molar-refractivity contribution in [2.24, 2.45) is 0 Å². The van der Waals surface area contributed by atoms with Gasteiger partial charge in [-0.15, -0.1) is 10.2 Å². The number of hydrogen-bond acceptors (Lipinski definition) is 7. The molecule has 0 radical (unpaired) electrons. The first-order valence-electron chi connectivity index (χ1n) is 6.86. The maximum absolute atomic E-state index is 12.0. The Morgan fingerprint density at radius 3 is 2.96 bits per heavy atom. The van der Waals surface area contributed by atoms with Crippen LogP contribution in [0.5, 0.6) is 0 Å². The average Bonchev–Trinajstić information content (AvgIpc) is 3.23. The van der Waals surface area contributed by atoms with E-state index >= 15 is 0 Å². The number of pyridine rings is 1. The van der Waals surface area contributed by atoms with Crippen molar-refractivity contribution in [1.82, 2.24) is 15.2 Å². The molecule has 122 valence electrons. The number of hydrogen-bond donors (Lipinski definition) is 2. The van der Waals surface area contributed by atoms with Crippen molar-refractivity contribution in [2.45, 2.75) is 30.1 Å². The quantitative estimate of drug-likeness (QED) is 0.730. The van der Waals surface area contributed by atoms with Crippen LogP contribution in [0.25, 0.3) is 0 Å². The van der Waals surface area contributed by atoms with E-state index in [0.29, 0.717) is 27.5 Å². The summed E-state index contributed by atoms with van der Waals surface area (Å²) in [6.45, 7) is 1.77. The fourth-order valence-electron chi connectivity index (χ4n) is 1.67. The Morgan fingerprint density at radius 1 is 1.43 bits per heavy atom. The minimum absolute atomic E-state index is 0.206. The highest BCUT2D eigenvalue weighted by Gasteiger charge is 2.22. The smallest absolute Gasteiger partial charge is 0.236 e. The summed E-state index contributed by atoms with van der Waals surface area (Å²) in [5.74, 6) is 0.308. The van der Waals surface area contributed by atoms with Crippen molar-refractivity contribution in [1.29, 1.82) is 0 Å². The van der Waals surface area contributed by atoms with Gasteiger partial charge >= 0.3 is 0 Å². The molecular formula is C13H13Cl2N5OS2. The van der Waals surface area contributed by atoms with Crippen molar-refractivity contribution in [2.75, 3.05) is 16.4 Å². The van der Waals surface area contributed by atoms with E-state index < -0.39 is 0 Å². The third-order valence-corrected chi connectivity index (χ3v) is 5.93. The molecule has 1 aliphatic rings. The number of aromatic nitrogens is 3. The van der Waals surface area contributed by atoms with Gasteiger partial charge in [0, 0.05) is 12.2 Å². The molecule has 0 unspecified atom stereocenters. The van der Waals surface area contributed by atoms with Gasteiger partial charge < -0.3 is 10.6 Å². The van der Waals surface area contributed by atoms with E-state index in [1.54, 1.807) is 6.92 Å². The zero-order valence-corrected chi connectivity index (χ0v) is 15.2. The predicted molar refractivity (Wildman–Crippen MR) is 94.9 cm³/mol. The number of thioether (sulfide) groups is 1. The summed E-state index contributed by atoms with van der Waals surface area (Å²) in [7, 11) is 0. The monoisotopic (exact) mass is 389 g/mol. The van der Waals surface area contributed by atoms with Gasteiger partial charge in [-0.1, -0.05) is 46.3 Å². The third kappa shape index (κ3) is 4.47. The molecule has 0 atom stereocenters. The molecule has 2 aromatic heterocycles. The Hall–Kier alpha value is -1.09. The Labute approximate surface area is 151 Å². The number of halogens is 2. The van der Waals surface area contributed by atoms with Crippen LogP contribution >= 0.6 is 46.3 Å². The second-order valence-corrected chi connectivity index (χ2v) is 8.01. The lowest BCUT2D eigenvalue weighted by Gasteiger charge is -2.08. The van der Waals surface area contributed by atoms with Crippen molar-refractivity contribution < 1.29 is 4.79 Å². The van der Waals surface area contributed by atoms with Crippen LogP contribution in [0.15, 0.2) is 10.5 Å². The lowest BCUT2D eigenvalue weighted by Crippen LogP contribution is -2.15. The minimum atomic E-state index is -0.210. The predicted octanol–water partition coefficient (Wildman–Crippen LogP) is 3.85. The van der Waals surface area contributed by atoms with Gasteiger partial charge in [-0.25, -0.2) is 4.98 Å². The highest BCUT2D eigenvalue weighted by molar-refractivity contribution is 8.01. The lowest BCUT2D eigenvalue weighted by atomic mass is 10.3. The van der Waals surface area contributed by atoms with Crippen LogP contribution in [0, 0.1) is 6.92 Å². The summed E-state index contributed by atoms with van der Waals surface area (Å²) >= 11 is 14.8. The molecule has 6 nitrogen and oxygen atoms in total. The largest absolute Gasteiger partial charge is 0.357 e. The van der Waals surface area contributed by atoms with E-state index in [1.165, 1.54) is 42.1 Å². The number of carbonyl (C=O) groups is 1. The maximum atomic E-state index is 12.0. The molecule has 2 aromatic rings. The Morgan fingerprint density at radius 2 is 2.22 bits per heavy atom. The van der Waals surface area contributed by atoms with Crippen LogP contribution in [0.2, 0.25) is 10.0 Å². The molecule has 1 saturated carbocycles. The molecule has 3 rings (SSSR count). The zero-order valence-electron chi connectivity index (χ0n) is 12.1. The maximum Gasteiger partial charge on any atom is 0.236 e. The van der Waals surface area contributed by atoms with Gasteiger partial charge in [-0.2, -0.15) is 0 Å². The SMILES string of the molecule is Cc1c(Cl)cnc(NC(=O)CSc2nnc(NC3CC3)s2)c1Cl. The van der Waals surface area contributed by atoms with Crippen molar-refractivity contribution >= 4 is 63.2 Å². The Bertz CT molecular complexity index is 735. The average molecular weight is 390 g/mol. The standard InChI is InChI=1S/C13H13Cl2N5OS2/c1-6-8(14)4-16-11(10(6)15)18-9(21)5-22-13-20-19-12(23-13)17-7-2-3-7/h4,7H,2-3,5H2,1H3,(H,17,19)(H,16,18,21). The number of nitrogens with zero attached hydrogens (tertiary/aromatic N) is 3. The van der Waals surface area contributed by atoms with Crippen LogP contribution in [-0.2, 0) is 4.79 Å². The van der Waals surface area contributed by atoms with Crippen molar-refractivity contribution in [3.8, 4) is 0 Å². The van der Waals surface area contributed by atoms with Gasteiger partial charge in [0.25, 0.3) is 0 Å². The number of nitrogens with one attached hydrogen (secondary N) is 2. The van der Waals surface area contributed by atoms with Crippen LogP contribution in [0.3, 0.4) is 0 Å². The van der Waals surface area contributed by atoms with Crippen LogP contribution in [0.1, 0.15) is 18.4 Å². The number of anilines is 2. The van der Waals surface area contributed by atoms with Crippen molar-refractivity contribution in [3.63, 3.8) is 0 Å². The summed E-state index contributed by atoms with van der Waals surface area (Å²) in [5.41, 5.74) is 0.686. The van der Waals surface area contributed by atoms with Gasteiger partial charge in [-0.3, -0.25) is 4.79 Å². The molecule has 0 saturated heterocycles. The molecule has 10 heteroatoms. The van der Waals surface area contributed by atoms with E-state index in [4.69, 9.17) is 23.2 Å². The topological polar surface area (TPSA) is 79.8 Å². The highest BCUT2D eigenvalue weighted by atomic mass is 35.5. The highest BCUT2D eigenvalue weighted by Crippen LogP contribution is 2.31. The normalized spacial score (nSPS) is 13.9. The minimum Gasteiger partial charge on any atom is -0.357 e. The van der Waals surface area contributed by atoms with Gasteiger partial charge in [0.1, 0.15) is 0 Å². The van der Waals surface area contributed by atoms with E-state index in [-0.39, 0.29) is 11.7 Å². The molecule has 2 N–H and O–H groups in total.